The van der Waals surface area contributed by atoms with Crippen LogP contribution in [0.15, 0.2) is 6.07 Å². The van der Waals surface area contributed by atoms with Gasteiger partial charge >= 0.3 is 0 Å². The Morgan fingerprint density at radius 1 is 1.47 bits per heavy atom. The molecular formula is C10H18N4O. The van der Waals surface area contributed by atoms with Gasteiger partial charge in [-0.3, -0.25) is 0 Å². The summed E-state index contributed by atoms with van der Waals surface area (Å²) < 4.78 is 0. The molecule has 0 aliphatic heterocycles. The normalized spacial score (nSPS) is 10.1. The first-order valence-electron chi connectivity index (χ1n) is 5.09. The Labute approximate surface area is 90.2 Å². The number of hydrogen-bond acceptors (Lipinski definition) is 5. The van der Waals surface area contributed by atoms with Crippen molar-refractivity contribution in [2.45, 2.75) is 13.8 Å². The fourth-order valence-electron chi connectivity index (χ4n) is 1.28. The number of anilines is 2. The molecule has 84 valence electrons. The van der Waals surface area contributed by atoms with Crippen LogP contribution in [0, 0.1) is 6.92 Å². The molecule has 0 saturated carbocycles. The molecule has 1 heterocycles. The summed E-state index contributed by atoms with van der Waals surface area (Å²) in [5.41, 5.74) is 0. The maximum Gasteiger partial charge on any atom is 0.134 e. The quantitative estimate of drug-likeness (QED) is 0.747. The lowest BCUT2D eigenvalue weighted by atomic mass is 10.4. The van der Waals surface area contributed by atoms with Gasteiger partial charge in [0.2, 0.25) is 0 Å². The van der Waals surface area contributed by atoms with E-state index in [1.54, 1.807) is 0 Å². The monoisotopic (exact) mass is 210 g/mol. The van der Waals surface area contributed by atoms with Gasteiger partial charge in [-0.1, -0.05) is 0 Å². The third kappa shape index (κ3) is 3.36. The van der Waals surface area contributed by atoms with E-state index in [2.05, 4.69) is 15.3 Å². The molecule has 5 heteroatoms. The van der Waals surface area contributed by atoms with Crippen LogP contribution < -0.4 is 10.2 Å². The maximum atomic E-state index is 8.84. The average molecular weight is 210 g/mol. The van der Waals surface area contributed by atoms with Crippen molar-refractivity contribution in [1.82, 2.24) is 9.97 Å². The molecule has 1 rings (SSSR count). The summed E-state index contributed by atoms with van der Waals surface area (Å²) in [7, 11) is 1.90. The van der Waals surface area contributed by atoms with Gasteiger partial charge < -0.3 is 15.3 Å². The summed E-state index contributed by atoms with van der Waals surface area (Å²) in [6, 6.07) is 1.88. The number of aromatic nitrogens is 2. The van der Waals surface area contributed by atoms with Gasteiger partial charge in [-0.2, -0.15) is 0 Å². The molecule has 0 amide bonds. The van der Waals surface area contributed by atoms with Crippen LogP contribution in [0.5, 0.6) is 0 Å². The van der Waals surface area contributed by atoms with Crippen molar-refractivity contribution in [1.29, 1.82) is 0 Å². The third-order valence-corrected chi connectivity index (χ3v) is 2.01. The number of hydrogen-bond donors (Lipinski definition) is 2. The molecule has 0 saturated heterocycles. The lowest BCUT2D eigenvalue weighted by Gasteiger charge is -2.17. The molecule has 0 aliphatic rings. The van der Waals surface area contributed by atoms with Crippen LogP contribution in [-0.2, 0) is 0 Å². The third-order valence-electron chi connectivity index (χ3n) is 2.01. The lowest BCUT2D eigenvalue weighted by Crippen LogP contribution is -2.23. The Balaban J connectivity index is 2.87. The van der Waals surface area contributed by atoms with E-state index in [0.717, 1.165) is 24.0 Å². The number of aliphatic hydroxyl groups is 1. The molecule has 0 bridgehead atoms. The number of aryl methyl sites for hydroxylation is 1. The van der Waals surface area contributed by atoms with E-state index in [4.69, 9.17) is 5.11 Å². The number of likely N-dealkylation sites (N-methyl/N-ethyl adjacent to an activating group) is 1. The molecule has 0 spiro atoms. The van der Waals surface area contributed by atoms with Crippen LogP contribution in [0.2, 0.25) is 0 Å². The highest BCUT2D eigenvalue weighted by molar-refractivity contribution is 5.48. The highest BCUT2D eigenvalue weighted by atomic mass is 16.3. The number of nitrogens with zero attached hydrogens (tertiary/aromatic N) is 3. The molecule has 1 aromatic rings. The van der Waals surface area contributed by atoms with Crippen LogP contribution in [0.3, 0.4) is 0 Å². The van der Waals surface area contributed by atoms with E-state index in [1.165, 1.54) is 0 Å². The summed E-state index contributed by atoms with van der Waals surface area (Å²) in [5, 5.41) is 12.0. The van der Waals surface area contributed by atoms with E-state index in [0.29, 0.717) is 6.54 Å². The van der Waals surface area contributed by atoms with Crippen molar-refractivity contribution < 1.29 is 5.11 Å². The second-order valence-corrected chi connectivity index (χ2v) is 3.33. The first-order chi connectivity index (χ1) is 7.17. The van der Waals surface area contributed by atoms with Gasteiger partial charge in [0, 0.05) is 26.2 Å². The number of nitrogens with one attached hydrogen (secondary N) is 1. The number of rotatable bonds is 5. The smallest absolute Gasteiger partial charge is 0.134 e. The van der Waals surface area contributed by atoms with Crippen molar-refractivity contribution >= 4 is 11.6 Å². The Bertz CT molecular complexity index is 316. The van der Waals surface area contributed by atoms with Crippen LogP contribution in [0.4, 0.5) is 11.6 Å². The van der Waals surface area contributed by atoms with Crippen molar-refractivity contribution in [2.24, 2.45) is 0 Å². The van der Waals surface area contributed by atoms with E-state index >= 15 is 0 Å². The van der Waals surface area contributed by atoms with Crippen molar-refractivity contribution in [3.8, 4) is 0 Å². The minimum absolute atomic E-state index is 0.121. The summed E-state index contributed by atoms with van der Waals surface area (Å²) >= 11 is 0. The summed E-state index contributed by atoms with van der Waals surface area (Å²) in [6.45, 7) is 5.41. The Kier molecular flexibility index (Phi) is 4.30. The zero-order chi connectivity index (χ0) is 11.3. The SMILES string of the molecule is CCNc1cc(N(C)CCO)nc(C)n1. The molecule has 0 atom stereocenters. The molecule has 0 aromatic carbocycles. The molecule has 1 aromatic heterocycles. The summed E-state index contributed by atoms with van der Waals surface area (Å²) in [5.74, 6) is 2.38. The van der Waals surface area contributed by atoms with Crippen LogP contribution in [0.25, 0.3) is 0 Å². The van der Waals surface area contributed by atoms with Gasteiger partial charge in [0.1, 0.15) is 17.5 Å². The summed E-state index contributed by atoms with van der Waals surface area (Å²) in [4.78, 5) is 10.5. The molecule has 15 heavy (non-hydrogen) atoms. The zero-order valence-electron chi connectivity index (χ0n) is 9.49. The fraction of sp³-hybridized carbons (Fsp3) is 0.600. The Morgan fingerprint density at radius 2 is 2.20 bits per heavy atom. The molecule has 0 radical (unpaired) electrons. The molecular weight excluding hydrogens is 192 g/mol. The van der Waals surface area contributed by atoms with E-state index in [1.807, 2.05) is 31.9 Å². The second kappa shape index (κ2) is 5.50. The largest absolute Gasteiger partial charge is 0.395 e. The van der Waals surface area contributed by atoms with Crippen molar-refractivity contribution in [3.05, 3.63) is 11.9 Å². The highest BCUT2D eigenvalue weighted by Gasteiger charge is 2.05. The molecule has 0 aliphatic carbocycles. The van der Waals surface area contributed by atoms with Gasteiger partial charge in [-0.25, -0.2) is 9.97 Å². The first-order valence-corrected chi connectivity index (χ1v) is 5.09. The van der Waals surface area contributed by atoms with Gasteiger partial charge in [-0.05, 0) is 13.8 Å². The summed E-state index contributed by atoms with van der Waals surface area (Å²) in [6.07, 6.45) is 0. The molecule has 0 unspecified atom stereocenters. The average Bonchev–Trinajstić information content (AvgIpc) is 2.17. The predicted molar refractivity (Wildman–Crippen MR) is 61.3 cm³/mol. The first kappa shape index (κ1) is 11.7. The Morgan fingerprint density at radius 3 is 2.80 bits per heavy atom. The van der Waals surface area contributed by atoms with Gasteiger partial charge in [0.25, 0.3) is 0 Å². The minimum Gasteiger partial charge on any atom is -0.395 e. The van der Waals surface area contributed by atoms with E-state index < -0.39 is 0 Å². The van der Waals surface area contributed by atoms with Crippen molar-refractivity contribution in [3.63, 3.8) is 0 Å². The fourth-order valence-corrected chi connectivity index (χ4v) is 1.28. The minimum atomic E-state index is 0.121. The number of aliphatic hydroxyl groups excluding tert-OH is 1. The Hall–Kier alpha value is -1.36. The molecule has 2 N–H and O–H groups in total. The van der Waals surface area contributed by atoms with Gasteiger partial charge in [0.15, 0.2) is 0 Å². The van der Waals surface area contributed by atoms with Gasteiger partial charge in [0.05, 0.1) is 6.61 Å². The van der Waals surface area contributed by atoms with Crippen molar-refractivity contribution in [2.75, 3.05) is 37.0 Å². The molecule has 5 nitrogen and oxygen atoms in total. The van der Waals surface area contributed by atoms with Gasteiger partial charge in [-0.15, -0.1) is 0 Å². The van der Waals surface area contributed by atoms with E-state index in [9.17, 15) is 0 Å². The van der Waals surface area contributed by atoms with Crippen LogP contribution in [-0.4, -0.2) is 41.8 Å². The maximum absolute atomic E-state index is 8.84. The van der Waals surface area contributed by atoms with E-state index in [-0.39, 0.29) is 6.61 Å². The predicted octanol–water partition coefficient (Wildman–Crippen LogP) is 0.645. The van der Waals surface area contributed by atoms with Crippen LogP contribution >= 0.6 is 0 Å². The second-order valence-electron chi connectivity index (χ2n) is 3.33. The highest BCUT2D eigenvalue weighted by Crippen LogP contribution is 2.13. The molecule has 0 fully saturated rings. The van der Waals surface area contributed by atoms with Crippen LogP contribution in [0.1, 0.15) is 12.7 Å². The lowest BCUT2D eigenvalue weighted by molar-refractivity contribution is 0.304. The topological polar surface area (TPSA) is 61.3 Å². The standard InChI is InChI=1S/C10H18N4O/c1-4-11-9-7-10(13-8(2)12-9)14(3)5-6-15/h7,15H,4-6H2,1-3H3,(H,11,12,13). The zero-order valence-corrected chi connectivity index (χ0v) is 9.49.